The molecule has 0 radical (unpaired) electrons. The first-order valence-corrected chi connectivity index (χ1v) is 6.40. The molecule has 0 aliphatic heterocycles. The maximum atomic E-state index is 9.63. The molecule has 0 amide bonds. The Hall–Kier alpha value is -2.01. The molecule has 0 unspecified atom stereocenters. The van der Waals surface area contributed by atoms with Gasteiger partial charge in [-0.05, 0) is 48.0 Å². The van der Waals surface area contributed by atoms with Crippen LogP contribution in [-0.2, 0) is 0 Å². The number of hydrazone groups is 1. The molecule has 2 aromatic carbocycles. The molecule has 19 heavy (non-hydrogen) atoms. The number of ether oxygens (including phenoxy) is 1. The molecular weight excluding hydrogens is 308 g/mol. The maximum Gasteiger partial charge on any atom is 0.160 e. The summed E-state index contributed by atoms with van der Waals surface area (Å²) in [7, 11) is 1.51. The van der Waals surface area contributed by atoms with E-state index < -0.39 is 0 Å². The second-order valence-corrected chi connectivity index (χ2v) is 4.72. The van der Waals surface area contributed by atoms with E-state index in [2.05, 4.69) is 26.5 Å². The van der Waals surface area contributed by atoms with Crippen LogP contribution in [0.4, 0.5) is 5.69 Å². The van der Waals surface area contributed by atoms with Crippen LogP contribution in [0.3, 0.4) is 0 Å². The number of aromatic hydroxyl groups is 1. The molecule has 0 aliphatic rings. The molecule has 0 aliphatic carbocycles. The third kappa shape index (κ3) is 3.72. The van der Waals surface area contributed by atoms with Crippen LogP contribution >= 0.6 is 15.9 Å². The number of anilines is 1. The Kier molecular flexibility index (Phi) is 4.41. The predicted octanol–water partition coefficient (Wildman–Crippen LogP) is 3.61. The lowest BCUT2D eigenvalue weighted by atomic mass is 10.2. The van der Waals surface area contributed by atoms with Gasteiger partial charge in [0.05, 0.1) is 19.0 Å². The molecule has 98 valence electrons. The van der Waals surface area contributed by atoms with Crippen LogP contribution < -0.4 is 10.2 Å². The molecule has 0 fully saturated rings. The Labute approximate surface area is 119 Å². The van der Waals surface area contributed by atoms with Crippen molar-refractivity contribution >= 4 is 27.8 Å². The van der Waals surface area contributed by atoms with Gasteiger partial charge in [0, 0.05) is 4.47 Å². The number of methoxy groups -OCH3 is 1. The van der Waals surface area contributed by atoms with Gasteiger partial charge in [-0.25, -0.2) is 0 Å². The minimum atomic E-state index is 0.0927. The van der Waals surface area contributed by atoms with E-state index in [0.29, 0.717) is 5.75 Å². The number of nitrogens with zero attached hydrogens (tertiary/aromatic N) is 1. The fourth-order valence-electron chi connectivity index (χ4n) is 1.49. The molecule has 0 spiro atoms. The highest BCUT2D eigenvalue weighted by molar-refractivity contribution is 9.10. The topological polar surface area (TPSA) is 53.8 Å². The number of halogens is 1. The first kappa shape index (κ1) is 13.4. The van der Waals surface area contributed by atoms with Gasteiger partial charge < -0.3 is 9.84 Å². The summed E-state index contributed by atoms with van der Waals surface area (Å²) in [4.78, 5) is 0. The van der Waals surface area contributed by atoms with E-state index in [4.69, 9.17) is 4.74 Å². The monoisotopic (exact) mass is 320 g/mol. The Morgan fingerprint density at radius 3 is 2.58 bits per heavy atom. The van der Waals surface area contributed by atoms with E-state index in [9.17, 15) is 5.11 Å². The standard InChI is InChI=1S/C14H13BrN2O2/c1-19-14-7-2-10(8-13(14)18)9-16-17-12-5-3-11(15)4-6-12/h2-9,17-18H,1H3/b16-9+. The third-order valence-corrected chi connectivity index (χ3v) is 2.98. The summed E-state index contributed by atoms with van der Waals surface area (Å²) in [5, 5.41) is 13.7. The largest absolute Gasteiger partial charge is 0.504 e. The van der Waals surface area contributed by atoms with Crippen LogP contribution in [-0.4, -0.2) is 18.4 Å². The second kappa shape index (κ2) is 6.24. The molecule has 2 N–H and O–H groups in total. The van der Waals surface area contributed by atoms with E-state index in [0.717, 1.165) is 15.7 Å². The van der Waals surface area contributed by atoms with Gasteiger partial charge >= 0.3 is 0 Å². The van der Waals surface area contributed by atoms with E-state index in [1.165, 1.54) is 7.11 Å². The number of benzene rings is 2. The summed E-state index contributed by atoms with van der Waals surface area (Å²) >= 11 is 3.37. The Morgan fingerprint density at radius 2 is 1.95 bits per heavy atom. The van der Waals surface area contributed by atoms with Crippen LogP contribution in [0.25, 0.3) is 0 Å². The molecule has 5 heteroatoms. The van der Waals surface area contributed by atoms with Crippen molar-refractivity contribution in [3.8, 4) is 11.5 Å². The van der Waals surface area contributed by atoms with Crippen LogP contribution in [0.5, 0.6) is 11.5 Å². The lowest BCUT2D eigenvalue weighted by molar-refractivity contribution is 0.373. The zero-order valence-electron chi connectivity index (χ0n) is 10.3. The first-order valence-electron chi connectivity index (χ1n) is 5.60. The van der Waals surface area contributed by atoms with E-state index >= 15 is 0 Å². The average Bonchev–Trinajstić information content (AvgIpc) is 2.41. The summed E-state index contributed by atoms with van der Waals surface area (Å²) in [5.74, 6) is 0.535. The second-order valence-electron chi connectivity index (χ2n) is 3.81. The number of phenols is 1. The van der Waals surface area contributed by atoms with Crippen molar-refractivity contribution in [2.24, 2.45) is 5.10 Å². The van der Waals surface area contributed by atoms with Crippen molar-refractivity contribution in [1.29, 1.82) is 0 Å². The third-order valence-electron chi connectivity index (χ3n) is 2.45. The first-order chi connectivity index (χ1) is 9.19. The molecule has 0 heterocycles. The SMILES string of the molecule is COc1ccc(/C=N/Nc2ccc(Br)cc2)cc1O. The molecule has 0 bridgehead atoms. The van der Waals surface area contributed by atoms with Gasteiger partial charge in [-0.3, -0.25) is 5.43 Å². The smallest absolute Gasteiger partial charge is 0.160 e. The highest BCUT2D eigenvalue weighted by Gasteiger charge is 2.00. The van der Waals surface area contributed by atoms with Crippen LogP contribution in [0.2, 0.25) is 0 Å². The van der Waals surface area contributed by atoms with Gasteiger partial charge in [-0.15, -0.1) is 0 Å². The normalized spacial score (nSPS) is 10.6. The molecule has 2 rings (SSSR count). The summed E-state index contributed by atoms with van der Waals surface area (Å²) in [6, 6.07) is 12.8. The fraction of sp³-hybridized carbons (Fsp3) is 0.0714. The van der Waals surface area contributed by atoms with Gasteiger partial charge in [-0.2, -0.15) is 5.10 Å². The van der Waals surface area contributed by atoms with Crippen LogP contribution in [0, 0.1) is 0 Å². The van der Waals surface area contributed by atoms with Gasteiger partial charge in [0.1, 0.15) is 0 Å². The lowest BCUT2D eigenvalue weighted by Crippen LogP contribution is -1.91. The lowest BCUT2D eigenvalue weighted by Gasteiger charge is -2.03. The van der Waals surface area contributed by atoms with E-state index in [1.807, 2.05) is 30.3 Å². The number of rotatable bonds is 4. The van der Waals surface area contributed by atoms with Crippen LogP contribution in [0.1, 0.15) is 5.56 Å². The van der Waals surface area contributed by atoms with Crippen molar-refractivity contribution in [2.45, 2.75) is 0 Å². The Balaban J connectivity index is 2.02. The summed E-state index contributed by atoms with van der Waals surface area (Å²) < 4.78 is 5.99. The number of hydrogen-bond acceptors (Lipinski definition) is 4. The quantitative estimate of drug-likeness (QED) is 0.668. The highest BCUT2D eigenvalue weighted by Crippen LogP contribution is 2.25. The molecular formula is C14H13BrN2O2. The Morgan fingerprint density at radius 1 is 1.21 bits per heavy atom. The van der Waals surface area contributed by atoms with Crippen molar-refractivity contribution < 1.29 is 9.84 Å². The molecule has 2 aromatic rings. The molecule has 0 aromatic heterocycles. The number of nitrogens with one attached hydrogen (secondary N) is 1. The maximum absolute atomic E-state index is 9.63. The summed E-state index contributed by atoms with van der Waals surface area (Å²) in [6.07, 6.45) is 1.63. The molecule has 0 saturated carbocycles. The van der Waals surface area contributed by atoms with Gasteiger partial charge in [-0.1, -0.05) is 15.9 Å². The summed E-state index contributed by atoms with van der Waals surface area (Å²) in [5.41, 5.74) is 4.57. The van der Waals surface area contributed by atoms with Crippen molar-refractivity contribution in [3.05, 3.63) is 52.5 Å². The number of phenolic OH excluding ortho intramolecular Hbond substituents is 1. The minimum absolute atomic E-state index is 0.0927. The van der Waals surface area contributed by atoms with Crippen LogP contribution in [0.15, 0.2) is 52.0 Å². The van der Waals surface area contributed by atoms with Gasteiger partial charge in [0.15, 0.2) is 11.5 Å². The molecule has 4 nitrogen and oxygen atoms in total. The Bertz CT molecular complexity index is 582. The van der Waals surface area contributed by atoms with E-state index in [1.54, 1.807) is 18.3 Å². The van der Waals surface area contributed by atoms with Crippen molar-refractivity contribution in [1.82, 2.24) is 0 Å². The highest BCUT2D eigenvalue weighted by atomic mass is 79.9. The van der Waals surface area contributed by atoms with Gasteiger partial charge in [0.2, 0.25) is 0 Å². The number of hydrogen-bond donors (Lipinski definition) is 2. The fourth-order valence-corrected chi connectivity index (χ4v) is 1.76. The zero-order valence-corrected chi connectivity index (χ0v) is 11.9. The van der Waals surface area contributed by atoms with Gasteiger partial charge in [0.25, 0.3) is 0 Å². The zero-order chi connectivity index (χ0) is 13.7. The predicted molar refractivity (Wildman–Crippen MR) is 80.0 cm³/mol. The summed E-state index contributed by atoms with van der Waals surface area (Å²) in [6.45, 7) is 0. The van der Waals surface area contributed by atoms with E-state index in [-0.39, 0.29) is 5.75 Å². The van der Waals surface area contributed by atoms with Crippen molar-refractivity contribution in [3.63, 3.8) is 0 Å². The average molecular weight is 321 g/mol. The molecule has 0 saturated heterocycles. The molecule has 0 atom stereocenters. The minimum Gasteiger partial charge on any atom is -0.504 e. The van der Waals surface area contributed by atoms with Crippen molar-refractivity contribution in [2.75, 3.05) is 12.5 Å².